The highest BCUT2D eigenvalue weighted by atomic mass is 31.2. The van der Waals surface area contributed by atoms with Crippen LogP contribution in [0.3, 0.4) is 0 Å². The van der Waals surface area contributed by atoms with Crippen LogP contribution in [0.2, 0.25) is 0 Å². The first-order valence-corrected chi connectivity index (χ1v) is 11.8. The summed E-state index contributed by atoms with van der Waals surface area (Å²) in [4.78, 5) is 12.6. The Hall–Kier alpha value is -2.91. The number of ether oxygens (including phenoxy) is 1. The van der Waals surface area contributed by atoms with Crippen LogP contribution in [0.1, 0.15) is 38.8 Å². The summed E-state index contributed by atoms with van der Waals surface area (Å²) in [6, 6.07) is 20.0. The van der Waals surface area contributed by atoms with E-state index in [0.717, 1.165) is 5.56 Å². The molecule has 0 aliphatic rings. The molecule has 0 amide bonds. The third-order valence-corrected chi connectivity index (χ3v) is 6.51. The van der Waals surface area contributed by atoms with Crippen molar-refractivity contribution in [3.8, 4) is 6.07 Å². The Morgan fingerprint density at radius 1 is 0.969 bits per heavy atom. The molecule has 0 unspecified atom stereocenters. The fraction of sp³-hybridized carbons (Fsp3) is 0.333. The van der Waals surface area contributed by atoms with Gasteiger partial charge in [0.05, 0.1) is 31.6 Å². The van der Waals surface area contributed by atoms with Crippen LogP contribution in [-0.4, -0.2) is 30.0 Å². The monoisotopic (exact) mass is 456 g/mol. The van der Waals surface area contributed by atoms with Gasteiger partial charge in [-0.15, -0.1) is 0 Å². The lowest BCUT2D eigenvalue weighted by Crippen LogP contribution is -2.27. The van der Waals surface area contributed by atoms with E-state index in [1.54, 1.807) is 52.0 Å². The Labute approximate surface area is 189 Å². The molecule has 2 aromatic rings. The van der Waals surface area contributed by atoms with Crippen molar-refractivity contribution in [2.75, 3.05) is 7.11 Å². The van der Waals surface area contributed by atoms with Gasteiger partial charge < -0.3 is 4.74 Å². The van der Waals surface area contributed by atoms with Gasteiger partial charge in [0.15, 0.2) is 5.57 Å². The molecule has 0 N–H and O–H groups in total. The second-order valence-electron chi connectivity index (χ2n) is 7.51. The molecule has 0 saturated heterocycles. The summed E-state index contributed by atoms with van der Waals surface area (Å²) in [7, 11) is -2.84. The molecule has 2 aromatic carbocycles. The number of nitrogens with zero attached hydrogens (tertiary/aromatic N) is 2. The van der Waals surface area contributed by atoms with Gasteiger partial charge in [0.1, 0.15) is 6.07 Å². The van der Waals surface area contributed by atoms with E-state index in [9.17, 15) is 14.6 Å². The quantitative estimate of drug-likeness (QED) is 0.200. The van der Waals surface area contributed by atoms with Gasteiger partial charge in [-0.25, -0.2) is 9.36 Å². The summed E-state index contributed by atoms with van der Waals surface area (Å²) < 4.78 is 32.2. The normalized spacial score (nSPS) is 12.3. The van der Waals surface area contributed by atoms with Crippen molar-refractivity contribution in [2.24, 2.45) is 0 Å². The van der Waals surface area contributed by atoms with Gasteiger partial charge in [0.25, 0.3) is 0 Å². The lowest BCUT2D eigenvalue weighted by atomic mass is 10.1. The fourth-order valence-corrected chi connectivity index (χ4v) is 5.17. The molecule has 0 saturated carbocycles. The van der Waals surface area contributed by atoms with Crippen molar-refractivity contribution in [1.29, 1.82) is 5.26 Å². The summed E-state index contributed by atoms with van der Waals surface area (Å²) >= 11 is 0. The molecule has 2 rings (SSSR count). The van der Waals surface area contributed by atoms with Gasteiger partial charge in [-0.05, 0) is 38.8 Å². The summed E-state index contributed by atoms with van der Waals surface area (Å²) in [5.74, 6) is -0.843. The third-order valence-electron chi connectivity index (χ3n) is 4.20. The molecule has 0 aliphatic heterocycles. The number of methoxy groups -OCH3 is 1. The van der Waals surface area contributed by atoms with Crippen molar-refractivity contribution in [3.63, 3.8) is 0 Å². The number of carbonyl (C=O) groups is 1. The Morgan fingerprint density at radius 3 is 1.91 bits per heavy atom. The zero-order valence-corrected chi connectivity index (χ0v) is 19.9. The lowest BCUT2D eigenvalue weighted by molar-refractivity contribution is -0.135. The Morgan fingerprint density at radius 2 is 1.47 bits per heavy atom. The van der Waals surface area contributed by atoms with E-state index < -0.39 is 25.9 Å². The molecular formula is C24H29N2O5P. The summed E-state index contributed by atoms with van der Waals surface area (Å²) in [5.41, 5.74) is 1.12. The number of carbonyl (C=O) groups excluding carboxylic acids is 1. The molecule has 0 spiro atoms. The van der Waals surface area contributed by atoms with Gasteiger partial charge in [0.2, 0.25) is 0 Å². The molecule has 0 aromatic heterocycles. The molecule has 0 atom stereocenters. The van der Waals surface area contributed by atoms with Gasteiger partial charge in [0, 0.05) is 0 Å². The summed E-state index contributed by atoms with van der Waals surface area (Å²) in [6.07, 6.45) is -0.892. The van der Waals surface area contributed by atoms with E-state index in [2.05, 4.69) is 0 Å². The van der Waals surface area contributed by atoms with Crippen molar-refractivity contribution < 1.29 is 23.1 Å². The largest absolute Gasteiger partial charge is 0.465 e. The first kappa shape index (κ1) is 25.4. The van der Waals surface area contributed by atoms with Crippen molar-refractivity contribution in [3.05, 3.63) is 77.4 Å². The number of benzene rings is 2. The van der Waals surface area contributed by atoms with E-state index in [-0.39, 0.29) is 17.8 Å². The van der Waals surface area contributed by atoms with E-state index in [1.807, 2.05) is 42.5 Å². The van der Waals surface area contributed by atoms with Gasteiger partial charge in [-0.1, -0.05) is 60.7 Å². The second kappa shape index (κ2) is 11.6. The minimum atomic E-state index is -4.03. The maximum Gasteiger partial charge on any atom is 0.436 e. The van der Waals surface area contributed by atoms with Crippen molar-refractivity contribution >= 4 is 19.4 Å². The molecule has 170 valence electrons. The van der Waals surface area contributed by atoms with E-state index in [4.69, 9.17) is 13.8 Å². The molecular weight excluding hydrogens is 427 g/mol. The summed E-state index contributed by atoms with van der Waals surface area (Å²) in [5, 5.41) is 9.90. The highest BCUT2D eigenvalue weighted by Crippen LogP contribution is 2.58. The van der Waals surface area contributed by atoms with Crippen molar-refractivity contribution in [2.45, 2.75) is 46.4 Å². The Kier molecular flexibility index (Phi) is 9.22. The fourth-order valence-electron chi connectivity index (χ4n) is 3.03. The lowest BCUT2D eigenvalue weighted by Gasteiger charge is -2.36. The molecule has 0 bridgehead atoms. The Bertz CT molecular complexity index is 1000. The first-order valence-electron chi connectivity index (χ1n) is 10.3. The maximum absolute atomic E-state index is 14.3. The Balaban J connectivity index is 2.86. The van der Waals surface area contributed by atoms with E-state index >= 15 is 0 Å². The highest BCUT2D eigenvalue weighted by Gasteiger charge is 2.40. The number of nitriles is 1. The zero-order chi connectivity index (χ0) is 23.7. The molecule has 0 heterocycles. The molecule has 32 heavy (non-hydrogen) atoms. The average molecular weight is 456 g/mol. The van der Waals surface area contributed by atoms with Crippen LogP contribution in [0.25, 0.3) is 5.70 Å². The average Bonchev–Trinajstić information content (AvgIpc) is 2.75. The minimum absolute atomic E-state index is 0.0734. The van der Waals surface area contributed by atoms with Crippen LogP contribution < -0.4 is 0 Å². The van der Waals surface area contributed by atoms with Gasteiger partial charge in [-0.3, -0.25) is 13.7 Å². The minimum Gasteiger partial charge on any atom is -0.465 e. The summed E-state index contributed by atoms with van der Waals surface area (Å²) in [6.45, 7) is 7.05. The standard InChI is InChI=1S/C24H29N2O5P/c1-18(2)30-32(28,31-19(3)4)26(17-20-12-8-6-9-13-20)23(21-14-10-7-11-15-21)22(16-25)24(27)29-5/h6-15,18-19H,17H2,1-5H3. The molecule has 7 nitrogen and oxygen atoms in total. The van der Waals surface area contributed by atoms with E-state index in [0.29, 0.717) is 5.56 Å². The second-order valence-corrected chi connectivity index (χ2v) is 9.35. The molecule has 0 fully saturated rings. The van der Waals surface area contributed by atoms with Crippen LogP contribution in [0.4, 0.5) is 0 Å². The first-order chi connectivity index (χ1) is 15.2. The number of rotatable bonds is 10. The third kappa shape index (κ3) is 6.54. The SMILES string of the molecule is COC(=O)C(C#N)=C(c1ccccc1)N(Cc1ccccc1)P(=O)(OC(C)C)OC(C)C. The topological polar surface area (TPSA) is 88.9 Å². The number of hydrogen-bond donors (Lipinski definition) is 0. The smallest absolute Gasteiger partial charge is 0.436 e. The van der Waals surface area contributed by atoms with Gasteiger partial charge in [-0.2, -0.15) is 5.26 Å². The van der Waals surface area contributed by atoms with Crippen LogP contribution in [0, 0.1) is 11.3 Å². The number of hydrogen-bond acceptors (Lipinski definition) is 6. The van der Waals surface area contributed by atoms with E-state index in [1.165, 1.54) is 11.8 Å². The van der Waals surface area contributed by atoms with Crippen LogP contribution in [0.5, 0.6) is 0 Å². The highest BCUT2D eigenvalue weighted by molar-refractivity contribution is 7.51. The predicted octanol–water partition coefficient (Wildman–Crippen LogP) is 5.55. The molecule has 0 radical (unpaired) electrons. The van der Waals surface area contributed by atoms with Crippen LogP contribution >= 0.6 is 7.75 Å². The van der Waals surface area contributed by atoms with Crippen LogP contribution in [-0.2, 0) is 29.7 Å². The molecule has 0 aliphatic carbocycles. The number of esters is 1. The van der Waals surface area contributed by atoms with Gasteiger partial charge >= 0.3 is 13.7 Å². The maximum atomic E-state index is 14.3. The predicted molar refractivity (Wildman–Crippen MR) is 123 cm³/mol. The zero-order valence-electron chi connectivity index (χ0n) is 19.0. The van der Waals surface area contributed by atoms with Crippen LogP contribution in [0.15, 0.2) is 66.2 Å². The molecule has 8 heteroatoms. The van der Waals surface area contributed by atoms with Crippen molar-refractivity contribution in [1.82, 2.24) is 4.67 Å².